The van der Waals surface area contributed by atoms with E-state index in [0.717, 1.165) is 24.9 Å². The molecule has 0 radical (unpaired) electrons. The van der Waals surface area contributed by atoms with E-state index in [-0.39, 0.29) is 5.91 Å². The first-order valence-electron chi connectivity index (χ1n) is 7.73. The predicted molar refractivity (Wildman–Crippen MR) is 86.2 cm³/mol. The van der Waals surface area contributed by atoms with Crippen molar-refractivity contribution in [3.63, 3.8) is 0 Å². The lowest BCUT2D eigenvalue weighted by atomic mass is 9.99. The van der Waals surface area contributed by atoms with Gasteiger partial charge >= 0.3 is 0 Å². The van der Waals surface area contributed by atoms with Crippen LogP contribution in [0.2, 0.25) is 0 Å². The maximum atomic E-state index is 12.7. The molecule has 2 heterocycles. The SMILES string of the molecule is C=CCOc1cc(C(=O)N2CCC[C@H](C)C2)cc2occc12. The summed E-state index contributed by atoms with van der Waals surface area (Å²) in [7, 11) is 0. The number of carbonyl (C=O) groups excluding carboxylic acids is 1. The van der Waals surface area contributed by atoms with Crippen LogP contribution < -0.4 is 4.74 Å². The minimum Gasteiger partial charge on any atom is -0.489 e. The van der Waals surface area contributed by atoms with Gasteiger partial charge in [0.25, 0.3) is 5.91 Å². The minimum absolute atomic E-state index is 0.0494. The molecule has 116 valence electrons. The molecule has 1 aromatic carbocycles. The average Bonchev–Trinajstić information content (AvgIpc) is 3.00. The fourth-order valence-electron chi connectivity index (χ4n) is 2.99. The quantitative estimate of drug-likeness (QED) is 0.805. The Morgan fingerprint density at radius 1 is 1.55 bits per heavy atom. The number of ether oxygens (including phenoxy) is 1. The van der Waals surface area contributed by atoms with Gasteiger partial charge in [0.2, 0.25) is 0 Å². The third-order valence-corrected chi connectivity index (χ3v) is 4.08. The van der Waals surface area contributed by atoms with Crippen LogP contribution in [0.1, 0.15) is 30.1 Å². The molecule has 1 aliphatic heterocycles. The van der Waals surface area contributed by atoms with Gasteiger partial charge in [-0.05, 0) is 37.0 Å². The van der Waals surface area contributed by atoms with Gasteiger partial charge in [-0.3, -0.25) is 4.79 Å². The molecule has 0 saturated carbocycles. The Hall–Kier alpha value is -2.23. The van der Waals surface area contributed by atoms with Crippen molar-refractivity contribution in [1.29, 1.82) is 0 Å². The number of furan rings is 1. The number of carbonyl (C=O) groups is 1. The van der Waals surface area contributed by atoms with E-state index in [0.29, 0.717) is 29.4 Å². The summed E-state index contributed by atoms with van der Waals surface area (Å²) in [6.07, 6.45) is 5.56. The molecule has 1 fully saturated rings. The Labute approximate surface area is 130 Å². The lowest BCUT2D eigenvalue weighted by Gasteiger charge is -2.31. The van der Waals surface area contributed by atoms with Crippen LogP contribution in [-0.2, 0) is 0 Å². The Morgan fingerprint density at radius 3 is 3.18 bits per heavy atom. The number of piperidine rings is 1. The smallest absolute Gasteiger partial charge is 0.254 e. The van der Waals surface area contributed by atoms with Crippen molar-refractivity contribution in [3.05, 3.63) is 42.7 Å². The number of nitrogens with zero attached hydrogens (tertiary/aromatic N) is 1. The van der Waals surface area contributed by atoms with Crippen molar-refractivity contribution in [2.75, 3.05) is 19.7 Å². The van der Waals surface area contributed by atoms with Gasteiger partial charge < -0.3 is 14.1 Å². The van der Waals surface area contributed by atoms with Crippen LogP contribution in [0, 0.1) is 5.92 Å². The maximum Gasteiger partial charge on any atom is 0.254 e. The fraction of sp³-hybridized carbons (Fsp3) is 0.389. The van der Waals surface area contributed by atoms with Crippen LogP contribution in [0.25, 0.3) is 11.0 Å². The van der Waals surface area contributed by atoms with Crippen molar-refractivity contribution in [2.45, 2.75) is 19.8 Å². The average molecular weight is 299 g/mol. The summed E-state index contributed by atoms with van der Waals surface area (Å²) >= 11 is 0. The highest BCUT2D eigenvalue weighted by Gasteiger charge is 2.23. The van der Waals surface area contributed by atoms with Crippen LogP contribution in [0.15, 0.2) is 41.5 Å². The summed E-state index contributed by atoms with van der Waals surface area (Å²) in [5, 5.41) is 0.880. The topological polar surface area (TPSA) is 42.7 Å². The first kappa shape index (κ1) is 14.7. The molecule has 4 nitrogen and oxygen atoms in total. The van der Waals surface area contributed by atoms with Crippen molar-refractivity contribution in [2.24, 2.45) is 5.92 Å². The first-order valence-corrected chi connectivity index (χ1v) is 7.73. The number of hydrogen-bond acceptors (Lipinski definition) is 3. The molecule has 1 saturated heterocycles. The van der Waals surface area contributed by atoms with Gasteiger partial charge in [-0.1, -0.05) is 19.6 Å². The number of amides is 1. The summed E-state index contributed by atoms with van der Waals surface area (Å²) in [6.45, 7) is 7.89. The van der Waals surface area contributed by atoms with E-state index in [1.54, 1.807) is 18.4 Å². The third-order valence-electron chi connectivity index (χ3n) is 4.08. The third kappa shape index (κ3) is 2.86. The van der Waals surface area contributed by atoms with Gasteiger partial charge in [0, 0.05) is 18.7 Å². The first-order chi connectivity index (χ1) is 10.7. The Bertz CT molecular complexity index is 689. The van der Waals surface area contributed by atoms with E-state index < -0.39 is 0 Å². The number of rotatable bonds is 4. The molecule has 0 spiro atoms. The van der Waals surface area contributed by atoms with Gasteiger partial charge in [-0.2, -0.15) is 0 Å². The van der Waals surface area contributed by atoms with Crippen molar-refractivity contribution >= 4 is 16.9 Å². The fourth-order valence-corrected chi connectivity index (χ4v) is 2.99. The highest BCUT2D eigenvalue weighted by atomic mass is 16.5. The van der Waals surface area contributed by atoms with Crippen LogP contribution in [0.5, 0.6) is 5.75 Å². The van der Waals surface area contributed by atoms with Crippen LogP contribution in [0.3, 0.4) is 0 Å². The lowest BCUT2D eigenvalue weighted by molar-refractivity contribution is 0.0682. The van der Waals surface area contributed by atoms with E-state index in [2.05, 4.69) is 13.5 Å². The largest absolute Gasteiger partial charge is 0.489 e. The minimum atomic E-state index is 0.0494. The highest BCUT2D eigenvalue weighted by molar-refractivity contribution is 5.99. The molecule has 0 bridgehead atoms. The lowest BCUT2D eigenvalue weighted by Crippen LogP contribution is -2.39. The zero-order valence-corrected chi connectivity index (χ0v) is 12.9. The van der Waals surface area contributed by atoms with E-state index in [9.17, 15) is 4.79 Å². The second-order valence-corrected chi connectivity index (χ2v) is 5.91. The van der Waals surface area contributed by atoms with Gasteiger partial charge in [-0.25, -0.2) is 0 Å². The van der Waals surface area contributed by atoms with E-state index in [1.807, 2.05) is 17.0 Å². The zero-order valence-electron chi connectivity index (χ0n) is 12.9. The predicted octanol–water partition coefficient (Wildman–Crippen LogP) is 3.87. The summed E-state index contributed by atoms with van der Waals surface area (Å²) < 4.78 is 11.1. The van der Waals surface area contributed by atoms with Crippen molar-refractivity contribution in [1.82, 2.24) is 4.90 Å². The normalized spacial score (nSPS) is 18.4. The molecule has 1 atom stereocenters. The van der Waals surface area contributed by atoms with E-state index in [4.69, 9.17) is 9.15 Å². The van der Waals surface area contributed by atoms with Gasteiger partial charge in [-0.15, -0.1) is 0 Å². The number of likely N-dealkylation sites (tertiary alicyclic amines) is 1. The molecule has 0 aliphatic carbocycles. The van der Waals surface area contributed by atoms with Crippen LogP contribution in [-0.4, -0.2) is 30.5 Å². The molecule has 0 N–H and O–H groups in total. The van der Waals surface area contributed by atoms with E-state index >= 15 is 0 Å². The van der Waals surface area contributed by atoms with Crippen molar-refractivity contribution < 1.29 is 13.9 Å². The molecule has 2 aromatic rings. The standard InChI is InChI=1S/C18H21NO3/c1-3-8-21-16-10-14(11-17-15(16)6-9-22-17)18(20)19-7-4-5-13(2)12-19/h3,6,9-11,13H,1,4-5,7-8,12H2,2H3/t13-/m0/s1. The monoisotopic (exact) mass is 299 g/mol. The number of fused-ring (bicyclic) bond motifs is 1. The highest BCUT2D eigenvalue weighted by Crippen LogP contribution is 2.30. The second kappa shape index (κ2) is 6.26. The second-order valence-electron chi connectivity index (χ2n) is 5.91. The molecule has 4 heteroatoms. The molecule has 3 rings (SSSR count). The molecule has 1 aromatic heterocycles. The molecule has 22 heavy (non-hydrogen) atoms. The zero-order chi connectivity index (χ0) is 15.5. The maximum absolute atomic E-state index is 12.7. The molecule has 0 unspecified atom stereocenters. The number of hydrogen-bond donors (Lipinski definition) is 0. The van der Waals surface area contributed by atoms with Gasteiger partial charge in [0.05, 0.1) is 11.6 Å². The van der Waals surface area contributed by atoms with Crippen LogP contribution in [0.4, 0.5) is 0 Å². The Balaban J connectivity index is 1.92. The summed E-state index contributed by atoms with van der Waals surface area (Å²) in [5.41, 5.74) is 1.30. The molecule has 1 amide bonds. The van der Waals surface area contributed by atoms with Crippen LogP contribution >= 0.6 is 0 Å². The summed E-state index contributed by atoms with van der Waals surface area (Å²) in [6, 6.07) is 5.46. The Morgan fingerprint density at radius 2 is 2.41 bits per heavy atom. The van der Waals surface area contributed by atoms with Crippen molar-refractivity contribution in [3.8, 4) is 5.75 Å². The summed E-state index contributed by atoms with van der Waals surface area (Å²) in [4.78, 5) is 14.7. The van der Waals surface area contributed by atoms with Gasteiger partial charge in [0.15, 0.2) is 0 Å². The molecule has 1 aliphatic rings. The molecular weight excluding hydrogens is 278 g/mol. The molecular formula is C18H21NO3. The Kier molecular flexibility index (Phi) is 4.18. The number of benzene rings is 1. The summed E-state index contributed by atoms with van der Waals surface area (Å²) in [5.74, 6) is 1.27. The van der Waals surface area contributed by atoms with Gasteiger partial charge in [0.1, 0.15) is 17.9 Å². The van der Waals surface area contributed by atoms with E-state index in [1.165, 1.54) is 6.42 Å².